The summed E-state index contributed by atoms with van der Waals surface area (Å²) in [6.45, 7) is 3.68. The monoisotopic (exact) mass is 322 g/mol. The van der Waals surface area contributed by atoms with Gasteiger partial charge in [-0.3, -0.25) is 4.79 Å². The number of amides is 1. The molecule has 2 N–H and O–H groups in total. The molecule has 2 atom stereocenters. The summed E-state index contributed by atoms with van der Waals surface area (Å²) < 4.78 is 0. The predicted octanol–water partition coefficient (Wildman–Crippen LogP) is 3.33. The molecule has 1 aromatic carbocycles. The van der Waals surface area contributed by atoms with Gasteiger partial charge in [0.15, 0.2) is 0 Å². The van der Waals surface area contributed by atoms with Crippen LogP contribution >= 0.6 is 12.4 Å². The fraction of sp³-hybridized carbons (Fsp3) is 0.611. The summed E-state index contributed by atoms with van der Waals surface area (Å²) in [6, 6.07) is 10.5. The molecule has 0 aromatic heterocycles. The highest BCUT2D eigenvalue weighted by atomic mass is 35.5. The lowest BCUT2D eigenvalue weighted by Gasteiger charge is -2.42. The fourth-order valence-electron chi connectivity index (χ4n) is 4.04. The van der Waals surface area contributed by atoms with Crippen molar-refractivity contribution >= 4 is 18.3 Å². The van der Waals surface area contributed by atoms with Gasteiger partial charge in [-0.05, 0) is 24.8 Å². The summed E-state index contributed by atoms with van der Waals surface area (Å²) >= 11 is 0. The summed E-state index contributed by atoms with van der Waals surface area (Å²) in [5.41, 5.74) is 7.53. The van der Waals surface area contributed by atoms with Crippen LogP contribution in [0.25, 0.3) is 0 Å². The van der Waals surface area contributed by atoms with Crippen LogP contribution in [-0.4, -0.2) is 29.9 Å². The van der Waals surface area contributed by atoms with E-state index in [4.69, 9.17) is 5.73 Å². The van der Waals surface area contributed by atoms with Crippen LogP contribution in [0.3, 0.4) is 0 Å². The molecule has 4 heteroatoms. The van der Waals surface area contributed by atoms with E-state index in [-0.39, 0.29) is 29.8 Å². The summed E-state index contributed by atoms with van der Waals surface area (Å²) in [5, 5.41) is 0. The lowest BCUT2D eigenvalue weighted by atomic mass is 9.65. The van der Waals surface area contributed by atoms with Crippen molar-refractivity contribution in [2.45, 2.75) is 51.0 Å². The lowest BCUT2D eigenvalue weighted by Crippen LogP contribution is -2.47. The molecule has 0 radical (unpaired) electrons. The molecule has 1 amide bonds. The molecule has 3 nitrogen and oxygen atoms in total. The Morgan fingerprint density at radius 3 is 2.50 bits per heavy atom. The lowest BCUT2D eigenvalue weighted by molar-refractivity contribution is -0.147. The molecule has 0 bridgehead atoms. The molecular formula is C18H27ClN2O. The number of rotatable bonds is 4. The molecule has 1 saturated heterocycles. The second-order valence-corrected chi connectivity index (χ2v) is 6.78. The Labute approximate surface area is 139 Å². The fourth-order valence-corrected chi connectivity index (χ4v) is 4.04. The third-order valence-electron chi connectivity index (χ3n) is 5.37. The molecule has 1 aliphatic heterocycles. The van der Waals surface area contributed by atoms with E-state index in [1.165, 1.54) is 12.0 Å². The maximum atomic E-state index is 12.9. The van der Waals surface area contributed by atoms with Crippen LogP contribution in [0, 0.1) is 5.41 Å². The number of nitrogens with two attached hydrogens (primary N) is 1. The molecule has 0 unspecified atom stereocenters. The van der Waals surface area contributed by atoms with Gasteiger partial charge in [0.2, 0.25) is 5.91 Å². The highest BCUT2D eigenvalue weighted by Crippen LogP contribution is 2.47. The van der Waals surface area contributed by atoms with E-state index in [9.17, 15) is 4.79 Å². The van der Waals surface area contributed by atoms with E-state index in [0.29, 0.717) is 12.5 Å². The van der Waals surface area contributed by atoms with Gasteiger partial charge in [0.05, 0.1) is 0 Å². The Kier molecular flexibility index (Phi) is 5.51. The van der Waals surface area contributed by atoms with Crippen LogP contribution in [0.5, 0.6) is 0 Å². The number of hydrogen-bond acceptors (Lipinski definition) is 2. The Hall–Kier alpha value is -1.06. The summed E-state index contributed by atoms with van der Waals surface area (Å²) in [6.07, 6.45) is 5.47. The van der Waals surface area contributed by atoms with Crippen LogP contribution in [0.1, 0.15) is 50.5 Å². The Bertz CT molecular complexity index is 501. The molecule has 3 rings (SSSR count). The molecular weight excluding hydrogens is 296 g/mol. The van der Waals surface area contributed by atoms with Crippen molar-refractivity contribution in [1.82, 2.24) is 4.90 Å². The third kappa shape index (κ3) is 3.02. The van der Waals surface area contributed by atoms with Crippen molar-refractivity contribution in [3.63, 3.8) is 0 Å². The van der Waals surface area contributed by atoms with Crippen molar-refractivity contribution in [1.29, 1.82) is 0 Å². The van der Waals surface area contributed by atoms with E-state index in [1.807, 2.05) is 11.0 Å². The zero-order chi connectivity index (χ0) is 14.9. The van der Waals surface area contributed by atoms with Gasteiger partial charge in [0.25, 0.3) is 0 Å². The summed E-state index contributed by atoms with van der Waals surface area (Å²) in [4.78, 5) is 15.0. The first-order chi connectivity index (χ1) is 10.2. The molecule has 1 aliphatic carbocycles. The van der Waals surface area contributed by atoms with E-state index >= 15 is 0 Å². The Morgan fingerprint density at radius 1 is 1.27 bits per heavy atom. The van der Waals surface area contributed by atoms with E-state index in [1.54, 1.807) is 0 Å². The van der Waals surface area contributed by atoms with E-state index in [0.717, 1.165) is 32.2 Å². The van der Waals surface area contributed by atoms with Crippen LogP contribution in [0.2, 0.25) is 0 Å². The van der Waals surface area contributed by atoms with Crippen LogP contribution in [0.15, 0.2) is 30.3 Å². The van der Waals surface area contributed by atoms with Crippen LogP contribution < -0.4 is 5.73 Å². The molecule has 1 saturated carbocycles. The van der Waals surface area contributed by atoms with Gasteiger partial charge >= 0.3 is 0 Å². The minimum Gasteiger partial charge on any atom is -0.340 e. The van der Waals surface area contributed by atoms with Gasteiger partial charge in [-0.1, -0.05) is 50.1 Å². The van der Waals surface area contributed by atoms with Crippen molar-refractivity contribution in [3.05, 3.63) is 35.9 Å². The maximum Gasteiger partial charge on any atom is 0.228 e. The highest BCUT2D eigenvalue weighted by Gasteiger charge is 2.47. The Balaban J connectivity index is 0.00000176. The zero-order valence-electron chi connectivity index (χ0n) is 13.3. The minimum absolute atomic E-state index is 0. The third-order valence-corrected chi connectivity index (χ3v) is 5.37. The van der Waals surface area contributed by atoms with Crippen molar-refractivity contribution in [2.24, 2.45) is 11.1 Å². The second-order valence-electron chi connectivity index (χ2n) is 6.78. The minimum atomic E-state index is -0.0555. The number of benzene rings is 1. The maximum absolute atomic E-state index is 12.9. The van der Waals surface area contributed by atoms with Crippen molar-refractivity contribution < 1.29 is 4.79 Å². The first-order valence-electron chi connectivity index (χ1n) is 8.26. The number of carbonyl (C=O) groups is 1. The smallest absolute Gasteiger partial charge is 0.228 e. The van der Waals surface area contributed by atoms with Crippen LogP contribution in [0.4, 0.5) is 0 Å². The van der Waals surface area contributed by atoms with Gasteiger partial charge in [-0.25, -0.2) is 0 Å². The predicted molar refractivity (Wildman–Crippen MR) is 92.2 cm³/mol. The number of hydrogen-bond donors (Lipinski definition) is 1. The van der Waals surface area contributed by atoms with Gasteiger partial charge in [0.1, 0.15) is 0 Å². The van der Waals surface area contributed by atoms with Gasteiger partial charge in [-0.2, -0.15) is 0 Å². The van der Waals surface area contributed by atoms with E-state index < -0.39 is 0 Å². The quantitative estimate of drug-likeness (QED) is 0.924. The number of carbonyl (C=O) groups excluding carboxylic acids is 1. The molecule has 122 valence electrons. The molecule has 1 heterocycles. The highest BCUT2D eigenvalue weighted by molar-refractivity contribution is 5.85. The zero-order valence-corrected chi connectivity index (χ0v) is 14.1. The van der Waals surface area contributed by atoms with E-state index in [2.05, 4.69) is 31.2 Å². The summed E-state index contributed by atoms with van der Waals surface area (Å²) in [7, 11) is 0. The molecule has 0 spiro atoms. The van der Waals surface area contributed by atoms with Crippen LogP contribution in [-0.2, 0) is 4.79 Å². The second kappa shape index (κ2) is 7.01. The standard InChI is InChI=1S/C18H26N2O.ClH/c1-2-9-18(10-6-11-18)17(21)20-12-15(16(19)13-20)14-7-4-3-5-8-14;/h3-5,7-8,15-16H,2,6,9-13,19H2,1H3;1H/t15-,16+;/m0./s1. The average molecular weight is 323 g/mol. The molecule has 2 fully saturated rings. The van der Waals surface area contributed by atoms with Gasteiger partial charge < -0.3 is 10.6 Å². The Morgan fingerprint density at radius 2 is 1.95 bits per heavy atom. The summed E-state index contributed by atoms with van der Waals surface area (Å²) in [5.74, 6) is 0.651. The topological polar surface area (TPSA) is 46.3 Å². The average Bonchev–Trinajstić information content (AvgIpc) is 2.85. The number of nitrogens with zero attached hydrogens (tertiary/aromatic N) is 1. The molecule has 1 aromatic rings. The SMILES string of the molecule is CCCC1(C(=O)N2C[C@@H](N)[C@H](c3ccccc3)C2)CCC1.Cl. The molecule has 22 heavy (non-hydrogen) atoms. The van der Waals surface area contributed by atoms with Crippen molar-refractivity contribution in [3.8, 4) is 0 Å². The van der Waals surface area contributed by atoms with Gasteiger partial charge in [0, 0.05) is 30.5 Å². The largest absolute Gasteiger partial charge is 0.340 e. The number of halogens is 1. The number of likely N-dealkylation sites (tertiary alicyclic amines) is 1. The molecule has 2 aliphatic rings. The normalized spacial score (nSPS) is 26.2. The first kappa shape index (κ1) is 17.3. The van der Waals surface area contributed by atoms with Crippen molar-refractivity contribution in [2.75, 3.05) is 13.1 Å². The first-order valence-corrected chi connectivity index (χ1v) is 8.26. The van der Waals surface area contributed by atoms with Gasteiger partial charge in [-0.15, -0.1) is 12.4 Å².